The summed E-state index contributed by atoms with van der Waals surface area (Å²) in [5.41, 5.74) is 0.0762. The Hall–Kier alpha value is -2.32. The minimum absolute atomic E-state index is 0.133. The van der Waals surface area contributed by atoms with Crippen molar-refractivity contribution in [3.8, 4) is 0 Å². The molecule has 0 amide bonds. The summed E-state index contributed by atoms with van der Waals surface area (Å²) < 4.78 is 45.2. The zero-order valence-corrected chi connectivity index (χ0v) is 14.8. The number of pyridine rings is 1. The van der Waals surface area contributed by atoms with Crippen molar-refractivity contribution >= 4 is 16.0 Å². The summed E-state index contributed by atoms with van der Waals surface area (Å²) in [5.74, 6) is -1.79. The van der Waals surface area contributed by atoms with Crippen LogP contribution in [0.5, 0.6) is 0 Å². The van der Waals surface area contributed by atoms with Gasteiger partial charge in [-0.25, -0.2) is 17.6 Å². The van der Waals surface area contributed by atoms with Gasteiger partial charge in [0.2, 0.25) is 10.0 Å². The minimum atomic E-state index is -3.79. The van der Waals surface area contributed by atoms with Gasteiger partial charge in [0.25, 0.3) is 0 Å². The number of sulfonamides is 1. The van der Waals surface area contributed by atoms with Crippen molar-refractivity contribution in [1.82, 2.24) is 9.29 Å². The molecule has 0 aliphatic heterocycles. The van der Waals surface area contributed by atoms with Gasteiger partial charge in [-0.3, -0.25) is 4.98 Å². The summed E-state index contributed by atoms with van der Waals surface area (Å²) in [6.45, 7) is 3.82. The van der Waals surface area contributed by atoms with E-state index in [1.54, 1.807) is 38.2 Å². The molecule has 0 atom stereocenters. The van der Waals surface area contributed by atoms with E-state index in [9.17, 15) is 17.6 Å². The van der Waals surface area contributed by atoms with Crippen LogP contribution >= 0.6 is 0 Å². The topological polar surface area (TPSA) is 76.6 Å². The number of carbonyl (C=O) groups is 1. The first-order valence-corrected chi connectivity index (χ1v) is 9.20. The van der Waals surface area contributed by atoms with Gasteiger partial charge in [-0.15, -0.1) is 0 Å². The Bertz CT molecular complexity index is 837. The Kier molecular flexibility index (Phi) is 6.22. The molecule has 0 spiro atoms. The zero-order chi connectivity index (χ0) is 18.4. The smallest absolute Gasteiger partial charge is 0.341 e. The molecule has 1 heterocycles. The maximum atomic E-state index is 14.0. The van der Waals surface area contributed by atoms with Crippen LogP contribution in [-0.4, -0.2) is 36.8 Å². The molecule has 0 aliphatic carbocycles. The van der Waals surface area contributed by atoms with E-state index in [4.69, 9.17) is 4.74 Å². The largest absolute Gasteiger partial charge is 0.456 e. The summed E-state index contributed by atoms with van der Waals surface area (Å²) in [6, 6.07) is 8.20. The van der Waals surface area contributed by atoms with Crippen molar-refractivity contribution in [1.29, 1.82) is 0 Å². The Morgan fingerprint density at radius 2 is 1.92 bits per heavy atom. The molecular weight excluding hydrogens is 347 g/mol. The highest BCUT2D eigenvalue weighted by molar-refractivity contribution is 7.89. The Balaban J connectivity index is 2.25. The quantitative estimate of drug-likeness (QED) is 0.704. The Labute approximate surface area is 146 Å². The van der Waals surface area contributed by atoms with Crippen molar-refractivity contribution in [3.05, 3.63) is 59.7 Å². The van der Waals surface area contributed by atoms with Crippen LogP contribution < -0.4 is 0 Å². The predicted octanol–water partition coefficient (Wildman–Crippen LogP) is 2.61. The van der Waals surface area contributed by atoms with Crippen molar-refractivity contribution < 1.29 is 22.3 Å². The highest BCUT2D eigenvalue weighted by Crippen LogP contribution is 2.20. The Morgan fingerprint density at radius 3 is 2.52 bits per heavy atom. The third kappa shape index (κ3) is 4.40. The fraction of sp³-hybridized carbons (Fsp3) is 0.294. The molecule has 0 saturated carbocycles. The molecular formula is C17H19FN2O4S. The van der Waals surface area contributed by atoms with Gasteiger partial charge in [0, 0.05) is 19.3 Å². The number of benzene rings is 1. The van der Waals surface area contributed by atoms with E-state index in [0.717, 1.165) is 18.2 Å². The molecule has 2 rings (SSSR count). The van der Waals surface area contributed by atoms with Gasteiger partial charge < -0.3 is 4.74 Å². The maximum absolute atomic E-state index is 14.0. The third-order valence-corrected chi connectivity index (χ3v) is 5.62. The number of rotatable bonds is 7. The first kappa shape index (κ1) is 19.0. The van der Waals surface area contributed by atoms with Crippen LogP contribution in [0.3, 0.4) is 0 Å². The fourth-order valence-corrected chi connectivity index (χ4v) is 3.72. The van der Waals surface area contributed by atoms with Crippen LogP contribution in [-0.2, 0) is 21.4 Å². The molecule has 0 unspecified atom stereocenters. The van der Waals surface area contributed by atoms with Crippen LogP contribution in [0.25, 0.3) is 0 Å². The van der Waals surface area contributed by atoms with E-state index in [1.807, 2.05) is 0 Å². The van der Waals surface area contributed by atoms with Crippen LogP contribution in [0.15, 0.2) is 47.5 Å². The first-order valence-electron chi connectivity index (χ1n) is 7.76. The highest BCUT2D eigenvalue weighted by Gasteiger charge is 2.24. The van der Waals surface area contributed by atoms with Crippen LogP contribution in [0, 0.1) is 5.82 Å². The maximum Gasteiger partial charge on any atom is 0.341 e. The van der Waals surface area contributed by atoms with E-state index in [-0.39, 0.29) is 24.6 Å². The van der Waals surface area contributed by atoms with Gasteiger partial charge in [0.05, 0.1) is 16.2 Å². The van der Waals surface area contributed by atoms with Gasteiger partial charge in [-0.1, -0.05) is 19.9 Å². The number of aromatic nitrogens is 1. The normalized spacial score (nSPS) is 11.5. The lowest BCUT2D eigenvalue weighted by molar-refractivity contribution is 0.0462. The highest BCUT2D eigenvalue weighted by atomic mass is 32.2. The lowest BCUT2D eigenvalue weighted by Crippen LogP contribution is -2.30. The van der Waals surface area contributed by atoms with Gasteiger partial charge >= 0.3 is 5.97 Å². The summed E-state index contributed by atoms with van der Waals surface area (Å²) in [6.07, 6.45) is 1.54. The summed E-state index contributed by atoms with van der Waals surface area (Å²) in [7, 11) is -3.79. The third-order valence-electron chi connectivity index (χ3n) is 3.58. The van der Waals surface area contributed by atoms with Crippen molar-refractivity contribution in [2.75, 3.05) is 13.1 Å². The number of hydrogen-bond donors (Lipinski definition) is 0. The molecule has 0 aliphatic rings. The molecule has 1 aromatic heterocycles. The molecule has 0 N–H and O–H groups in total. The second-order valence-electron chi connectivity index (χ2n) is 5.13. The monoisotopic (exact) mass is 366 g/mol. The van der Waals surface area contributed by atoms with E-state index < -0.39 is 27.4 Å². The van der Waals surface area contributed by atoms with Crippen LogP contribution in [0.1, 0.15) is 29.9 Å². The van der Waals surface area contributed by atoms with Crippen molar-refractivity contribution in [2.24, 2.45) is 0 Å². The molecule has 0 bridgehead atoms. The molecule has 134 valence electrons. The number of ether oxygens (including phenoxy) is 1. The molecule has 0 saturated heterocycles. The SMILES string of the molecule is CCN(CC)S(=O)(=O)c1ccc(F)c(C(=O)OCc2ccccn2)c1. The van der Waals surface area contributed by atoms with Gasteiger partial charge in [0.15, 0.2) is 0 Å². The number of halogens is 1. The van der Waals surface area contributed by atoms with Gasteiger partial charge in [-0.05, 0) is 30.3 Å². The van der Waals surface area contributed by atoms with E-state index in [1.165, 1.54) is 4.31 Å². The zero-order valence-electron chi connectivity index (χ0n) is 14.0. The van der Waals surface area contributed by atoms with E-state index in [2.05, 4.69) is 4.98 Å². The predicted molar refractivity (Wildman–Crippen MR) is 89.9 cm³/mol. The van der Waals surface area contributed by atoms with Crippen LogP contribution in [0.2, 0.25) is 0 Å². The average molecular weight is 366 g/mol. The first-order chi connectivity index (χ1) is 11.9. The number of hydrogen-bond acceptors (Lipinski definition) is 5. The summed E-state index contributed by atoms with van der Waals surface area (Å²) >= 11 is 0. The second-order valence-corrected chi connectivity index (χ2v) is 7.07. The number of carbonyl (C=O) groups excluding carboxylic acids is 1. The average Bonchev–Trinajstić information content (AvgIpc) is 2.61. The lowest BCUT2D eigenvalue weighted by Gasteiger charge is -2.18. The summed E-state index contributed by atoms with van der Waals surface area (Å²) in [4.78, 5) is 16.0. The summed E-state index contributed by atoms with van der Waals surface area (Å²) in [5, 5.41) is 0. The minimum Gasteiger partial charge on any atom is -0.456 e. The fourth-order valence-electron chi connectivity index (χ4n) is 2.23. The molecule has 0 radical (unpaired) electrons. The van der Waals surface area contributed by atoms with Gasteiger partial charge in [-0.2, -0.15) is 4.31 Å². The second kappa shape index (κ2) is 8.17. The van der Waals surface area contributed by atoms with E-state index >= 15 is 0 Å². The molecule has 2 aromatic rings. The lowest BCUT2D eigenvalue weighted by atomic mass is 10.2. The molecule has 6 nitrogen and oxygen atoms in total. The van der Waals surface area contributed by atoms with Crippen molar-refractivity contribution in [2.45, 2.75) is 25.3 Å². The van der Waals surface area contributed by atoms with E-state index in [0.29, 0.717) is 5.69 Å². The molecule has 0 fully saturated rings. The molecule has 25 heavy (non-hydrogen) atoms. The molecule has 1 aromatic carbocycles. The standard InChI is InChI=1S/C17H19FN2O4S/c1-3-20(4-2)25(22,23)14-8-9-16(18)15(11-14)17(21)24-12-13-7-5-6-10-19-13/h5-11H,3-4,12H2,1-2H3. The van der Waals surface area contributed by atoms with Gasteiger partial charge in [0.1, 0.15) is 12.4 Å². The number of esters is 1. The molecule has 8 heteroatoms. The van der Waals surface area contributed by atoms with Crippen molar-refractivity contribution in [3.63, 3.8) is 0 Å². The number of nitrogens with zero attached hydrogens (tertiary/aromatic N) is 2. The van der Waals surface area contributed by atoms with Crippen LogP contribution in [0.4, 0.5) is 4.39 Å². The Morgan fingerprint density at radius 1 is 1.20 bits per heavy atom.